The number of hydrogen-bond donors (Lipinski definition) is 2. The molecule has 2 rings (SSSR count). The average molecular weight is 378 g/mol. The number of ether oxygens (including phenoxy) is 1. The fraction of sp³-hybridized carbons (Fsp3) is 0.294. The maximum absolute atomic E-state index is 11.9. The summed E-state index contributed by atoms with van der Waals surface area (Å²) in [4.78, 5) is 16.2. The molecule has 1 heterocycles. The van der Waals surface area contributed by atoms with Crippen LogP contribution in [0.5, 0.6) is 0 Å². The topological polar surface area (TPSA) is 63.2 Å². The average Bonchev–Trinajstić information content (AvgIpc) is 2.56. The van der Waals surface area contributed by atoms with E-state index in [1.165, 1.54) is 0 Å². The molecule has 2 N–H and O–H groups in total. The first-order valence-electron chi connectivity index (χ1n) is 7.36. The van der Waals surface area contributed by atoms with Crippen LogP contribution >= 0.6 is 15.9 Å². The van der Waals surface area contributed by atoms with Crippen LogP contribution in [0.2, 0.25) is 0 Å². The van der Waals surface area contributed by atoms with Crippen LogP contribution in [0, 0.1) is 0 Å². The Labute approximate surface area is 144 Å². The number of hydrogen-bond acceptors (Lipinski definition) is 4. The van der Waals surface area contributed by atoms with Crippen molar-refractivity contribution in [3.05, 3.63) is 58.2 Å². The molecule has 0 aliphatic rings. The van der Waals surface area contributed by atoms with Crippen LogP contribution in [-0.4, -0.2) is 31.2 Å². The van der Waals surface area contributed by atoms with Crippen molar-refractivity contribution < 1.29 is 9.53 Å². The molecule has 0 spiro atoms. The minimum Gasteiger partial charge on any atom is -0.383 e. The summed E-state index contributed by atoms with van der Waals surface area (Å²) in [6.07, 6.45) is 1.57. The third-order valence-electron chi connectivity index (χ3n) is 3.35. The number of benzene rings is 1. The zero-order chi connectivity index (χ0) is 16.7. The fourth-order valence-corrected chi connectivity index (χ4v) is 2.74. The van der Waals surface area contributed by atoms with Crippen LogP contribution in [0.4, 0.5) is 5.82 Å². The monoisotopic (exact) mass is 377 g/mol. The summed E-state index contributed by atoms with van der Waals surface area (Å²) < 4.78 is 5.95. The molecule has 5 nitrogen and oxygen atoms in total. The van der Waals surface area contributed by atoms with E-state index in [1.54, 1.807) is 25.4 Å². The minimum atomic E-state index is -0.153. The standard InChI is InChI=1S/C17H20BrN3O2/c1-12(14-5-3-4-6-15(14)18)21-16-8-7-13(11-20-16)17(22)19-9-10-23-2/h3-8,11-12H,9-10H2,1-2H3,(H,19,22)(H,20,21). The van der Waals surface area contributed by atoms with Gasteiger partial charge in [0.2, 0.25) is 0 Å². The molecule has 1 aromatic heterocycles. The quantitative estimate of drug-likeness (QED) is 0.725. The molecule has 1 unspecified atom stereocenters. The second-order valence-electron chi connectivity index (χ2n) is 5.07. The number of nitrogens with zero attached hydrogens (tertiary/aromatic N) is 1. The molecule has 6 heteroatoms. The van der Waals surface area contributed by atoms with Crippen molar-refractivity contribution in [2.24, 2.45) is 0 Å². The number of pyridine rings is 1. The van der Waals surface area contributed by atoms with Crippen molar-refractivity contribution in [3.8, 4) is 0 Å². The second kappa shape index (κ2) is 8.64. The number of amides is 1. The van der Waals surface area contributed by atoms with Gasteiger partial charge in [-0.3, -0.25) is 4.79 Å². The number of anilines is 1. The maximum Gasteiger partial charge on any atom is 0.252 e. The first-order valence-corrected chi connectivity index (χ1v) is 8.15. The van der Waals surface area contributed by atoms with Gasteiger partial charge < -0.3 is 15.4 Å². The lowest BCUT2D eigenvalue weighted by Gasteiger charge is -2.16. The van der Waals surface area contributed by atoms with Gasteiger partial charge in [-0.05, 0) is 30.7 Å². The van der Waals surface area contributed by atoms with E-state index in [0.717, 1.165) is 15.9 Å². The molecule has 1 aromatic carbocycles. The molecule has 0 bridgehead atoms. The van der Waals surface area contributed by atoms with E-state index in [2.05, 4.69) is 44.5 Å². The summed E-state index contributed by atoms with van der Waals surface area (Å²) in [6, 6.07) is 11.7. The summed E-state index contributed by atoms with van der Waals surface area (Å²) in [5.41, 5.74) is 1.68. The van der Waals surface area contributed by atoms with Crippen molar-refractivity contribution >= 4 is 27.7 Å². The highest BCUT2D eigenvalue weighted by Crippen LogP contribution is 2.25. The van der Waals surface area contributed by atoms with Crippen molar-refractivity contribution in [1.29, 1.82) is 0 Å². The largest absolute Gasteiger partial charge is 0.383 e. The van der Waals surface area contributed by atoms with Crippen molar-refractivity contribution in [2.45, 2.75) is 13.0 Å². The summed E-state index contributed by atoms with van der Waals surface area (Å²) in [5.74, 6) is 0.571. The minimum absolute atomic E-state index is 0.0967. The molecular weight excluding hydrogens is 358 g/mol. The van der Waals surface area contributed by atoms with E-state index >= 15 is 0 Å². The first kappa shape index (κ1) is 17.4. The molecule has 0 saturated heterocycles. The fourth-order valence-electron chi connectivity index (χ4n) is 2.11. The zero-order valence-corrected chi connectivity index (χ0v) is 14.8. The van der Waals surface area contributed by atoms with Crippen LogP contribution in [-0.2, 0) is 4.74 Å². The van der Waals surface area contributed by atoms with E-state index in [4.69, 9.17) is 4.74 Å². The molecular formula is C17H20BrN3O2. The molecule has 0 aliphatic carbocycles. The summed E-state index contributed by atoms with van der Waals surface area (Å²) in [6.45, 7) is 3.03. The third-order valence-corrected chi connectivity index (χ3v) is 4.08. The van der Waals surface area contributed by atoms with Crippen LogP contribution in [0.1, 0.15) is 28.9 Å². The summed E-state index contributed by atoms with van der Waals surface area (Å²) in [5, 5.41) is 6.09. The van der Waals surface area contributed by atoms with Crippen LogP contribution < -0.4 is 10.6 Å². The number of halogens is 1. The van der Waals surface area contributed by atoms with Crippen molar-refractivity contribution in [1.82, 2.24) is 10.3 Å². The lowest BCUT2D eigenvalue weighted by Crippen LogP contribution is -2.27. The smallest absolute Gasteiger partial charge is 0.252 e. The summed E-state index contributed by atoms with van der Waals surface area (Å²) >= 11 is 3.55. The number of aromatic nitrogens is 1. The lowest BCUT2D eigenvalue weighted by atomic mass is 10.1. The lowest BCUT2D eigenvalue weighted by molar-refractivity contribution is 0.0937. The van der Waals surface area contributed by atoms with Gasteiger partial charge in [0.1, 0.15) is 5.82 Å². The predicted octanol–water partition coefficient (Wildman–Crippen LogP) is 3.39. The van der Waals surface area contributed by atoms with Gasteiger partial charge in [0.25, 0.3) is 5.91 Å². The van der Waals surface area contributed by atoms with Gasteiger partial charge in [0.05, 0.1) is 18.2 Å². The zero-order valence-electron chi connectivity index (χ0n) is 13.2. The predicted molar refractivity (Wildman–Crippen MR) is 94.6 cm³/mol. The van der Waals surface area contributed by atoms with E-state index in [9.17, 15) is 4.79 Å². The van der Waals surface area contributed by atoms with Gasteiger partial charge in [-0.1, -0.05) is 34.1 Å². The molecule has 0 saturated carbocycles. The molecule has 0 aliphatic heterocycles. The number of methoxy groups -OCH3 is 1. The molecule has 1 amide bonds. The van der Waals surface area contributed by atoms with E-state index in [0.29, 0.717) is 18.7 Å². The van der Waals surface area contributed by atoms with E-state index in [1.807, 2.05) is 18.2 Å². The SMILES string of the molecule is COCCNC(=O)c1ccc(NC(C)c2ccccc2Br)nc1. The highest BCUT2D eigenvalue weighted by atomic mass is 79.9. The Morgan fingerprint density at radius 3 is 2.74 bits per heavy atom. The maximum atomic E-state index is 11.9. The van der Waals surface area contributed by atoms with Crippen molar-refractivity contribution in [2.75, 3.05) is 25.6 Å². The molecule has 122 valence electrons. The van der Waals surface area contributed by atoms with Crippen LogP contribution in [0.25, 0.3) is 0 Å². The Morgan fingerprint density at radius 2 is 2.09 bits per heavy atom. The van der Waals surface area contributed by atoms with Gasteiger partial charge in [0.15, 0.2) is 0 Å². The van der Waals surface area contributed by atoms with E-state index in [-0.39, 0.29) is 11.9 Å². The Hall–Kier alpha value is -1.92. The van der Waals surface area contributed by atoms with Crippen molar-refractivity contribution in [3.63, 3.8) is 0 Å². The third kappa shape index (κ3) is 5.04. The highest BCUT2D eigenvalue weighted by molar-refractivity contribution is 9.10. The Bertz CT molecular complexity index is 647. The number of carbonyl (C=O) groups is 1. The van der Waals surface area contributed by atoms with Crippen LogP contribution in [0.15, 0.2) is 47.1 Å². The Morgan fingerprint density at radius 1 is 1.30 bits per heavy atom. The second-order valence-corrected chi connectivity index (χ2v) is 5.92. The van der Waals surface area contributed by atoms with Gasteiger partial charge in [-0.2, -0.15) is 0 Å². The molecule has 2 aromatic rings. The highest BCUT2D eigenvalue weighted by Gasteiger charge is 2.10. The van der Waals surface area contributed by atoms with Gasteiger partial charge in [-0.25, -0.2) is 4.98 Å². The molecule has 1 atom stereocenters. The van der Waals surface area contributed by atoms with Gasteiger partial charge >= 0.3 is 0 Å². The van der Waals surface area contributed by atoms with Crippen LogP contribution in [0.3, 0.4) is 0 Å². The van der Waals surface area contributed by atoms with E-state index < -0.39 is 0 Å². The number of nitrogens with one attached hydrogen (secondary N) is 2. The Kier molecular flexibility index (Phi) is 6.55. The normalized spacial score (nSPS) is 11.8. The van der Waals surface area contributed by atoms with Gasteiger partial charge in [-0.15, -0.1) is 0 Å². The van der Waals surface area contributed by atoms with Gasteiger partial charge in [0, 0.05) is 24.3 Å². The number of carbonyl (C=O) groups excluding carboxylic acids is 1. The first-order chi connectivity index (χ1) is 11.1. The number of rotatable bonds is 7. The summed E-state index contributed by atoms with van der Waals surface area (Å²) in [7, 11) is 1.60. The molecule has 23 heavy (non-hydrogen) atoms. The molecule has 0 fully saturated rings. The Balaban J connectivity index is 1.97. The molecule has 0 radical (unpaired) electrons.